The van der Waals surface area contributed by atoms with Crippen molar-refractivity contribution in [2.24, 2.45) is 0 Å². The first kappa shape index (κ1) is 38.6. The van der Waals surface area contributed by atoms with Crippen LogP contribution in [0.2, 0.25) is 0 Å². The third kappa shape index (κ3) is 24.0. The number of hydrogen-bond donors (Lipinski definition) is 1. The molecule has 0 saturated heterocycles. The van der Waals surface area contributed by atoms with Crippen LogP contribution in [0.4, 0.5) is 0 Å². The number of hydrogen-bond acceptors (Lipinski definition) is 5. The lowest BCUT2D eigenvalue weighted by Gasteiger charge is -2.21. The van der Waals surface area contributed by atoms with Gasteiger partial charge >= 0.3 is 17.9 Å². The summed E-state index contributed by atoms with van der Waals surface area (Å²) in [6, 6.07) is 0. The fourth-order valence-electron chi connectivity index (χ4n) is 4.73. The second-order valence-electron chi connectivity index (χ2n) is 11.5. The van der Waals surface area contributed by atoms with E-state index < -0.39 is 11.9 Å². The van der Waals surface area contributed by atoms with Gasteiger partial charge in [-0.2, -0.15) is 0 Å². The summed E-state index contributed by atoms with van der Waals surface area (Å²) in [5.74, 6) is -1.83. The fraction of sp³-hybridized carbons (Fsp3) is 0.743. The second-order valence-corrected chi connectivity index (χ2v) is 11.5. The molecule has 6 nitrogen and oxygen atoms in total. The Labute approximate surface area is 251 Å². The Hall–Kier alpha value is -2.37. The number of unbranched alkanes of at least 4 members (excludes halogenated alkanes) is 15. The Morgan fingerprint density at radius 1 is 0.707 bits per heavy atom. The van der Waals surface area contributed by atoms with Crippen molar-refractivity contribution in [1.29, 1.82) is 0 Å². The normalized spacial score (nSPS) is 13.6. The maximum absolute atomic E-state index is 11.6. The summed E-state index contributed by atoms with van der Waals surface area (Å²) in [4.78, 5) is 33.4. The minimum atomic E-state index is -1.06. The third-order valence-electron chi connectivity index (χ3n) is 7.40. The Morgan fingerprint density at radius 2 is 1.15 bits per heavy atom. The van der Waals surface area contributed by atoms with Gasteiger partial charge in [0.25, 0.3) is 0 Å². The SMILES string of the molecule is C=C(C)C(=O)OCCCCCCCCCCCCCCCCCC.C=C(C=C(C)C(=O)O)C(=O)OC1CCCCC1. The molecular formula is C35H60O6. The van der Waals surface area contributed by atoms with Gasteiger partial charge in [0.1, 0.15) is 6.10 Å². The first-order valence-corrected chi connectivity index (χ1v) is 16.3. The molecule has 0 spiro atoms. The van der Waals surface area contributed by atoms with Gasteiger partial charge < -0.3 is 14.6 Å². The topological polar surface area (TPSA) is 89.9 Å². The largest absolute Gasteiger partial charge is 0.478 e. The zero-order valence-electron chi connectivity index (χ0n) is 26.6. The first-order chi connectivity index (χ1) is 19.7. The second kappa shape index (κ2) is 26.5. The minimum Gasteiger partial charge on any atom is -0.478 e. The average molecular weight is 577 g/mol. The molecule has 0 aliphatic heterocycles. The van der Waals surface area contributed by atoms with E-state index in [0.29, 0.717) is 12.2 Å². The van der Waals surface area contributed by atoms with Crippen LogP contribution in [-0.4, -0.2) is 35.7 Å². The molecule has 6 heteroatoms. The highest BCUT2D eigenvalue weighted by Crippen LogP contribution is 2.21. The summed E-state index contributed by atoms with van der Waals surface area (Å²) in [6.45, 7) is 13.0. The third-order valence-corrected chi connectivity index (χ3v) is 7.40. The van der Waals surface area contributed by atoms with Crippen LogP contribution < -0.4 is 0 Å². The molecule has 0 aromatic heterocycles. The molecule has 1 N–H and O–H groups in total. The van der Waals surface area contributed by atoms with E-state index in [4.69, 9.17) is 14.6 Å². The highest BCUT2D eigenvalue weighted by Gasteiger charge is 2.19. The number of carboxylic acids is 1. The first-order valence-electron chi connectivity index (χ1n) is 16.3. The van der Waals surface area contributed by atoms with Gasteiger partial charge in [-0.3, -0.25) is 0 Å². The molecule has 1 rings (SSSR count). The van der Waals surface area contributed by atoms with Crippen LogP contribution in [0.25, 0.3) is 0 Å². The lowest BCUT2D eigenvalue weighted by molar-refractivity contribution is -0.145. The molecule has 0 bridgehead atoms. The number of esters is 2. The van der Waals surface area contributed by atoms with Crippen LogP contribution >= 0.6 is 0 Å². The summed E-state index contributed by atoms with van der Waals surface area (Å²) < 4.78 is 10.3. The monoisotopic (exact) mass is 576 g/mol. The van der Waals surface area contributed by atoms with E-state index in [-0.39, 0.29) is 23.2 Å². The van der Waals surface area contributed by atoms with Crippen molar-refractivity contribution in [1.82, 2.24) is 0 Å². The van der Waals surface area contributed by atoms with Crippen molar-refractivity contribution in [2.75, 3.05) is 6.61 Å². The van der Waals surface area contributed by atoms with Gasteiger partial charge in [0.05, 0.1) is 12.2 Å². The molecule has 0 aromatic rings. The summed E-state index contributed by atoms with van der Waals surface area (Å²) in [5, 5.41) is 8.67. The van der Waals surface area contributed by atoms with E-state index >= 15 is 0 Å². The quantitative estimate of drug-likeness (QED) is 0.0597. The standard InChI is InChI=1S/C22H42O2.C13H18O4/c1-4-5-6-7-8-9-10-11-12-13-14-15-16-17-18-19-20-24-22(23)21(2)3;1-9(12(14)15)8-10(2)13(16)17-11-6-4-3-5-7-11/h2,4-20H2,1,3H3;8,11H,2-7H2,1H3,(H,14,15). The molecule has 1 fully saturated rings. The number of aliphatic carboxylic acids is 1. The van der Waals surface area contributed by atoms with Gasteiger partial charge in [0.15, 0.2) is 0 Å². The van der Waals surface area contributed by atoms with E-state index in [0.717, 1.165) is 32.1 Å². The molecule has 0 aromatic carbocycles. The predicted molar refractivity (Wildman–Crippen MR) is 169 cm³/mol. The average Bonchev–Trinajstić information content (AvgIpc) is 2.95. The summed E-state index contributed by atoms with van der Waals surface area (Å²) in [7, 11) is 0. The van der Waals surface area contributed by atoms with Gasteiger partial charge in [-0.25, -0.2) is 14.4 Å². The number of carbonyl (C=O) groups is 3. The van der Waals surface area contributed by atoms with E-state index in [1.807, 2.05) is 0 Å². The van der Waals surface area contributed by atoms with E-state index in [1.54, 1.807) is 6.92 Å². The van der Waals surface area contributed by atoms with Gasteiger partial charge in [0.2, 0.25) is 0 Å². The van der Waals surface area contributed by atoms with E-state index in [9.17, 15) is 14.4 Å². The molecular weight excluding hydrogens is 516 g/mol. The molecule has 0 amide bonds. The molecule has 236 valence electrons. The van der Waals surface area contributed by atoms with E-state index in [1.165, 1.54) is 116 Å². The molecule has 0 radical (unpaired) electrons. The van der Waals surface area contributed by atoms with Crippen LogP contribution in [0.1, 0.15) is 156 Å². The Kier molecular flexibility index (Phi) is 25.0. The number of carbonyl (C=O) groups excluding carboxylic acids is 2. The number of rotatable bonds is 22. The molecule has 0 unspecified atom stereocenters. The Bertz CT molecular complexity index is 776. The minimum absolute atomic E-state index is 0.0356. The smallest absolute Gasteiger partial charge is 0.337 e. The molecule has 0 atom stereocenters. The van der Waals surface area contributed by atoms with Crippen molar-refractivity contribution in [3.05, 3.63) is 36.0 Å². The molecule has 1 aliphatic carbocycles. The molecule has 1 aliphatic rings. The van der Waals surface area contributed by atoms with Gasteiger partial charge in [-0.1, -0.05) is 123 Å². The van der Waals surface area contributed by atoms with Crippen LogP contribution in [-0.2, 0) is 23.9 Å². The van der Waals surface area contributed by atoms with Crippen LogP contribution in [0.15, 0.2) is 36.0 Å². The zero-order chi connectivity index (χ0) is 30.7. The van der Waals surface area contributed by atoms with Crippen LogP contribution in [0, 0.1) is 0 Å². The van der Waals surface area contributed by atoms with Gasteiger partial charge in [-0.15, -0.1) is 0 Å². The fourth-order valence-corrected chi connectivity index (χ4v) is 4.73. The Balaban J connectivity index is 0.000000825. The van der Waals surface area contributed by atoms with Crippen molar-refractivity contribution >= 4 is 17.9 Å². The zero-order valence-corrected chi connectivity index (χ0v) is 26.6. The molecule has 41 heavy (non-hydrogen) atoms. The Morgan fingerprint density at radius 3 is 1.56 bits per heavy atom. The maximum Gasteiger partial charge on any atom is 0.337 e. The van der Waals surface area contributed by atoms with Crippen LogP contribution in [0.3, 0.4) is 0 Å². The summed E-state index contributed by atoms with van der Waals surface area (Å²) in [5.41, 5.74) is 0.664. The van der Waals surface area contributed by atoms with Crippen molar-refractivity contribution in [3.8, 4) is 0 Å². The summed E-state index contributed by atoms with van der Waals surface area (Å²) in [6.07, 6.45) is 28.1. The predicted octanol–water partition coefficient (Wildman–Crippen LogP) is 9.82. The number of carboxylic acid groups (broad SMARTS) is 1. The van der Waals surface area contributed by atoms with Crippen molar-refractivity contribution < 1.29 is 29.0 Å². The molecule has 1 saturated carbocycles. The highest BCUT2D eigenvalue weighted by molar-refractivity contribution is 5.95. The number of ether oxygens (including phenoxy) is 2. The summed E-state index contributed by atoms with van der Waals surface area (Å²) >= 11 is 0. The van der Waals surface area contributed by atoms with Crippen molar-refractivity contribution in [2.45, 2.75) is 162 Å². The van der Waals surface area contributed by atoms with Gasteiger partial charge in [-0.05, 0) is 52.0 Å². The van der Waals surface area contributed by atoms with Crippen LogP contribution in [0.5, 0.6) is 0 Å². The van der Waals surface area contributed by atoms with Gasteiger partial charge in [0, 0.05) is 11.1 Å². The molecule has 0 heterocycles. The lowest BCUT2D eigenvalue weighted by atomic mass is 9.98. The van der Waals surface area contributed by atoms with E-state index in [2.05, 4.69) is 20.1 Å². The lowest BCUT2D eigenvalue weighted by Crippen LogP contribution is -2.21. The van der Waals surface area contributed by atoms with Crippen molar-refractivity contribution in [3.63, 3.8) is 0 Å². The maximum atomic E-state index is 11.6. The highest BCUT2D eigenvalue weighted by atomic mass is 16.5.